The summed E-state index contributed by atoms with van der Waals surface area (Å²) in [6.45, 7) is 2.09. The highest BCUT2D eigenvalue weighted by atomic mass is 19.2. The van der Waals surface area contributed by atoms with Crippen LogP contribution in [-0.4, -0.2) is 11.1 Å². The number of aromatic carboxylic acids is 1. The molecule has 0 atom stereocenters. The lowest BCUT2D eigenvalue weighted by molar-refractivity contribution is 0.0692. The fourth-order valence-corrected chi connectivity index (χ4v) is 4.47. The molecule has 1 N–H and O–H groups in total. The highest BCUT2D eigenvalue weighted by Gasteiger charge is 2.28. The molecule has 0 unspecified atom stereocenters. The number of halogens is 4. The third kappa shape index (κ3) is 5.17. The summed E-state index contributed by atoms with van der Waals surface area (Å²) in [6, 6.07) is 4.15. The van der Waals surface area contributed by atoms with Crippen molar-refractivity contribution in [2.75, 3.05) is 0 Å². The van der Waals surface area contributed by atoms with Gasteiger partial charge in [-0.1, -0.05) is 25.1 Å². The third-order valence-electron chi connectivity index (χ3n) is 6.11. The number of hydrogen-bond acceptors (Lipinski definition) is 1. The Hall–Kier alpha value is -2.63. The van der Waals surface area contributed by atoms with Crippen LogP contribution in [0.3, 0.4) is 0 Å². The van der Waals surface area contributed by atoms with Crippen LogP contribution >= 0.6 is 0 Å². The smallest absolute Gasteiger partial charge is 0.338 e. The van der Waals surface area contributed by atoms with Crippen molar-refractivity contribution >= 4 is 5.97 Å². The second kappa shape index (κ2) is 10.1. The summed E-state index contributed by atoms with van der Waals surface area (Å²) in [7, 11) is 0. The van der Waals surface area contributed by atoms with Crippen LogP contribution in [0.4, 0.5) is 17.6 Å². The molecule has 1 saturated carbocycles. The Labute approximate surface area is 179 Å². The zero-order valence-electron chi connectivity index (χ0n) is 17.4. The number of carboxylic acids is 1. The van der Waals surface area contributed by atoms with Crippen molar-refractivity contribution in [2.24, 2.45) is 5.92 Å². The molecule has 1 aliphatic rings. The maximum absolute atomic E-state index is 15.2. The molecule has 0 saturated heterocycles. The minimum absolute atomic E-state index is 0.0639. The van der Waals surface area contributed by atoms with E-state index in [0.29, 0.717) is 11.5 Å². The molecular formula is C25H26F4O2. The molecule has 0 aromatic heterocycles. The molecule has 1 fully saturated rings. The molecular weight excluding hydrogens is 408 g/mol. The molecule has 6 heteroatoms. The van der Waals surface area contributed by atoms with Gasteiger partial charge in [0.2, 0.25) is 0 Å². The number of carboxylic acid groups (broad SMARTS) is 1. The Balaban J connectivity index is 1.92. The zero-order valence-corrected chi connectivity index (χ0v) is 17.4. The number of hydrogen-bond donors (Lipinski definition) is 1. The Morgan fingerprint density at radius 2 is 1.65 bits per heavy atom. The Morgan fingerprint density at radius 3 is 2.23 bits per heavy atom. The van der Waals surface area contributed by atoms with Crippen LogP contribution in [0.5, 0.6) is 0 Å². The minimum Gasteiger partial charge on any atom is -0.478 e. The van der Waals surface area contributed by atoms with Crippen LogP contribution in [0.1, 0.15) is 73.7 Å². The Kier molecular flexibility index (Phi) is 7.52. The summed E-state index contributed by atoms with van der Waals surface area (Å²) < 4.78 is 56.3. The lowest BCUT2D eigenvalue weighted by atomic mass is 9.75. The summed E-state index contributed by atoms with van der Waals surface area (Å²) in [5.74, 6) is -6.55. The van der Waals surface area contributed by atoms with Crippen LogP contribution < -0.4 is 0 Å². The van der Waals surface area contributed by atoms with E-state index in [9.17, 15) is 23.1 Å². The average Bonchev–Trinajstić information content (AvgIpc) is 2.74. The fraction of sp³-hybridized carbons (Fsp3) is 0.400. The first kappa shape index (κ1) is 23.0. The maximum atomic E-state index is 15.2. The number of allylic oxidation sites excluding steroid dienone is 2. The van der Waals surface area contributed by atoms with Gasteiger partial charge in [0.1, 0.15) is 5.82 Å². The highest BCUT2D eigenvalue weighted by molar-refractivity contribution is 5.90. The first-order chi connectivity index (χ1) is 14.8. The summed E-state index contributed by atoms with van der Waals surface area (Å²) in [5, 5.41) is 9.29. The molecule has 2 aromatic rings. The first-order valence-corrected chi connectivity index (χ1v) is 10.7. The van der Waals surface area contributed by atoms with Crippen LogP contribution in [-0.2, 0) is 0 Å². The molecule has 2 nitrogen and oxygen atoms in total. The SMILES string of the molecule is CC/C=C/CCC1CCC(c2ccc(C(=O)O)c(F)c2-c2cc(F)c(F)c(F)c2)CC1. The second-order valence-electron chi connectivity index (χ2n) is 8.13. The van der Waals surface area contributed by atoms with Crippen LogP contribution in [0.15, 0.2) is 36.4 Å². The largest absolute Gasteiger partial charge is 0.478 e. The maximum Gasteiger partial charge on any atom is 0.338 e. The molecule has 0 aliphatic heterocycles. The summed E-state index contributed by atoms with van der Waals surface area (Å²) >= 11 is 0. The van der Waals surface area contributed by atoms with E-state index >= 15 is 4.39 Å². The molecule has 3 rings (SSSR count). The second-order valence-corrected chi connectivity index (χ2v) is 8.13. The minimum atomic E-state index is -1.64. The first-order valence-electron chi connectivity index (χ1n) is 10.7. The molecule has 0 heterocycles. The quantitative estimate of drug-likeness (QED) is 0.276. The fourth-order valence-electron chi connectivity index (χ4n) is 4.47. The van der Waals surface area contributed by atoms with Gasteiger partial charge in [-0.2, -0.15) is 0 Å². The van der Waals surface area contributed by atoms with E-state index in [0.717, 1.165) is 57.1 Å². The lowest BCUT2D eigenvalue weighted by Gasteiger charge is -2.30. The standard InChI is InChI=1S/C25H26F4O2/c1-2-3-4-5-6-15-7-9-16(10-8-15)18-11-12-19(25(30)31)23(28)22(18)17-13-20(26)24(29)21(27)14-17/h3-4,11-16H,2,5-10H2,1H3,(H,30,31)/b4-3+. The Morgan fingerprint density at radius 1 is 1.00 bits per heavy atom. The van der Waals surface area contributed by atoms with Crippen molar-refractivity contribution in [3.8, 4) is 11.1 Å². The van der Waals surface area contributed by atoms with E-state index in [-0.39, 0.29) is 17.0 Å². The van der Waals surface area contributed by atoms with Gasteiger partial charge in [0.05, 0.1) is 5.56 Å². The average molecular weight is 434 g/mol. The van der Waals surface area contributed by atoms with Crippen molar-refractivity contribution < 1.29 is 27.5 Å². The summed E-state index contributed by atoms with van der Waals surface area (Å²) in [6.07, 6.45) is 10.9. The molecule has 166 valence electrons. The lowest BCUT2D eigenvalue weighted by Crippen LogP contribution is -2.15. The van der Waals surface area contributed by atoms with Gasteiger partial charge in [-0.15, -0.1) is 0 Å². The normalized spacial score (nSPS) is 19.1. The van der Waals surface area contributed by atoms with Gasteiger partial charge in [0, 0.05) is 5.56 Å². The number of benzene rings is 2. The van der Waals surface area contributed by atoms with Gasteiger partial charge in [-0.3, -0.25) is 0 Å². The van der Waals surface area contributed by atoms with Crippen LogP contribution in [0.2, 0.25) is 0 Å². The molecule has 0 bridgehead atoms. The van der Waals surface area contributed by atoms with Crippen molar-refractivity contribution in [1.82, 2.24) is 0 Å². The van der Waals surface area contributed by atoms with E-state index in [1.165, 1.54) is 12.1 Å². The van der Waals surface area contributed by atoms with E-state index < -0.39 is 34.8 Å². The van der Waals surface area contributed by atoms with Gasteiger partial charge >= 0.3 is 5.97 Å². The van der Waals surface area contributed by atoms with Gasteiger partial charge in [-0.25, -0.2) is 22.4 Å². The molecule has 1 aliphatic carbocycles. The van der Waals surface area contributed by atoms with E-state index in [2.05, 4.69) is 19.1 Å². The third-order valence-corrected chi connectivity index (χ3v) is 6.11. The van der Waals surface area contributed by atoms with Gasteiger partial charge in [0.15, 0.2) is 17.5 Å². The van der Waals surface area contributed by atoms with Gasteiger partial charge < -0.3 is 5.11 Å². The van der Waals surface area contributed by atoms with Gasteiger partial charge in [0.25, 0.3) is 0 Å². The molecule has 0 spiro atoms. The molecule has 0 amide bonds. The number of rotatable bonds is 7. The van der Waals surface area contributed by atoms with E-state index in [1.54, 1.807) is 0 Å². The van der Waals surface area contributed by atoms with Gasteiger partial charge in [-0.05, 0) is 86.1 Å². The van der Waals surface area contributed by atoms with E-state index in [4.69, 9.17) is 0 Å². The van der Waals surface area contributed by atoms with Crippen LogP contribution in [0, 0.1) is 29.2 Å². The predicted octanol–water partition coefficient (Wildman–Crippen LogP) is 7.63. The van der Waals surface area contributed by atoms with Crippen molar-refractivity contribution in [2.45, 2.75) is 57.8 Å². The van der Waals surface area contributed by atoms with Crippen molar-refractivity contribution in [1.29, 1.82) is 0 Å². The van der Waals surface area contributed by atoms with Crippen LogP contribution in [0.25, 0.3) is 11.1 Å². The monoisotopic (exact) mass is 434 g/mol. The predicted molar refractivity (Wildman–Crippen MR) is 112 cm³/mol. The molecule has 31 heavy (non-hydrogen) atoms. The topological polar surface area (TPSA) is 37.3 Å². The van der Waals surface area contributed by atoms with E-state index in [1.807, 2.05) is 0 Å². The summed E-state index contributed by atoms with van der Waals surface area (Å²) in [4.78, 5) is 11.4. The van der Waals surface area contributed by atoms with Crippen molar-refractivity contribution in [3.05, 3.63) is 70.8 Å². The molecule has 0 radical (unpaired) electrons. The highest BCUT2D eigenvalue weighted by Crippen LogP contribution is 2.43. The van der Waals surface area contributed by atoms with Crippen molar-refractivity contribution in [3.63, 3.8) is 0 Å². The molecule has 2 aromatic carbocycles. The zero-order chi connectivity index (χ0) is 22.5. The summed E-state index contributed by atoms with van der Waals surface area (Å²) in [5.41, 5.74) is -0.427. The Bertz CT molecular complexity index is 953. The number of carbonyl (C=O) groups is 1.